The molecule has 0 saturated carbocycles. The van der Waals surface area contributed by atoms with Crippen LogP contribution in [0.5, 0.6) is 0 Å². The molecule has 186 valence electrons. The third-order valence-electron chi connectivity index (χ3n) is 5.72. The molecule has 0 aromatic heterocycles. The number of sulfonamides is 1. The number of amides is 2. The van der Waals surface area contributed by atoms with E-state index in [1.807, 2.05) is 71.0 Å². The molecule has 0 spiro atoms. The minimum Gasteiger partial charge on any atom is -0.354 e. The second-order valence-electron chi connectivity index (χ2n) is 8.78. The lowest BCUT2D eigenvalue weighted by atomic mass is 10.1. The van der Waals surface area contributed by atoms with Gasteiger partial charge in [-0.05, 0) is 56.4 Å². The maximum absolute atomic E-state index is 13.7. The number of benzene rings is 2. The van der Waals surface area contributed by atoms with E-state index in [9.17, 15) is 18.0 Å². The zero-order valence-corrected chi connectivity index (χ0v) is 21.9. The second-order valence-corrected chi connectivity index (χ2v) is 10.7. The van der Waals surface area contributed by atoms with E-state index in [-0.39, 0.29) is 19.0 Å². The smallest absolute Gasteiger partial charge is 0.244 e. The van der Waals surface area contributed by atoms with Crippen LogP contribution >= 0.6 is 0 Å². The van der Waals surface area contributed by atoms with Crippen LogP contribution in [0.1, 0.15) is 48.9 Å². The highest BCUT2D eigenvalue weighted by Gasteiger charge is 2.32. The summed E-state index contributed by atoms with van der Waals surface area (Å²) in [5.41, 5.74) is 4.07. The van der Waals surface area contributed by atoms with Crippen LogP contribution < -0.4 is 9.62 Å². The van der Waals surface area contributed by atoms with Crippen LogP contribution in [0.25, 0.3) is 0 Å². The Bertz CT molecular complexity index is 1100. The van der Waals surface area contributed by atoms with Gasteiger partial charge in [-0.1, -0.05) is 55.8 Å². The molecular formula is C26H37N3O4S. The van der Waals surface area contributed by atoms with Gasteiger partial charge < -0.3 is 10.2 Å². The number of nitrogens with one attached hydrogen (secondary N) is 1. The number of carbonyl (C=O) groups is 2. The Hall–Kier alpha value is -2.87. The molecule has 1 atom stereocenters. The average Bonchev–Trinajstić information content (AvgIpc) is 2.78. The van der Waals surface area contributed by atoms with Crippen molar-refractivity contribution in [2.45, 2.75) is 60.0 Å². The standard InChI is InChI=1S/C26H37N3O4S/c1-7-15-27-26(31)23(8-2)28(17-22-13-10-19(3)11-14-22)25(30)18-29(34(6,32)33)24-16-20(4)9-12-21(24)5/h9-14,16,23H,7-8,15,17-18H2,1-6H3,(H,27,31). The first kappa shape index (κ1) is 27.4. The molecule has 1 unspecified atom stereocenters. The number of hydrogen-bond donors (Lipinski definition) is 1. The third kappa shape index (κ3) is 7.32. The summed E-state index contributed by atoms with van der Waals surface area (Å²) >= 11 is 0. The molecule has 2 amide bonds. The van der Waals surface area contributed by atoms with Crippen molar-refractivity contribution in [1.29, 1.82) is 0 Å². The number of aryl methyl sites for hydroxylation is 3. The van der Waals surface area contributed by atoms with Crippen LogP contribution in [0.4, 0.5) is 5.69 Å². The monoisotopic (exact) mass is 487 g/mol. The van der Waals surface area contributed by atoms with Crippen LogP contribution in [0, 0.1) is 20.8 Å². The van der Waals surface area contributed by atoms with Gasteiger partial charge >= 0.3 is 0 Å². The van der Waals surface area contributed by atoms with Gasteiger partial charge in [-0.3, -0.25) is 13.9 Å². The van der Waals surface area contributed by atoms with Crippen molar-refractivity contribution < 1.29 is 18.0 Å². The van der Waals surface area contributed by atoms with Gasteiger partial charge in [0.15, 0.2) is 0 Å². The number of anilines is 1. The first-order valence-electron chi connectivity index (χ1n) is 11.7. The van der Waals surface area contributed by atoms with Crippen LogP contribution in [-0.2, 0) is 26.2 Å². The fourth-order valence-electron chi connectivity index (χ4n) is 3.76. The summed E-state index contributed by atoms with van der Waals surface area (Å²) in [7, 11) is -3.75. The van der Waals surface area contributed by atoms with E-state index < -0.39 is 22.0 Å². The molecule has 0 aliphatic rings. The molecular weight excluding hydrogens is 450 g/mol. The highest BCUT2D eigenvalue weighted by Crippen LogP contribution is 2.25. The normalized spacial score (nSPS) is 12.2. The predicted molar refractivity (Wildman–Crippen MR) is 137 cm³/mol. The Morgan fingerprint density at radius 3 is 2.15 bits per heavy atom. The van der Waals surface area contributed by atoms with E-state index in [0.717, 1.165) is 39.2 Å². The number of rotatable bonds is 11. The van der Waals surface area contributed by atoms with Crippen LogP contribution in [0.3, 0.4) is 0 Å². The summed E-state index contributed by atoms with van der Waals surface area (Å²) in [6.45, 7) is 9.83. The summed E-state index contributed by atoms with van der Waals surface area (Å²) in [5, 5.41) is 2.88. The number of nitrogens with zero attached hydrogens (tertiary/aromatic N) is 2. The SMILES string of the molecule is CCCNC(=O)C(CC)N(Cc1ccc(C)cc1)C(=O)CN(c1cc(C)ccc1C)S(C)(=O)=O. The van der Waals surface area contributed by atoms with Gasteiger partial charge in [-0.2, -0.15) is 0 Å². The largest absolute Gasteiger partial charge is 0.354 e. The zero-order valence-electron chi connectivity index (χ0n) is 21.1. The van der Waals surface area contributed by atoms with Gasteiger partial charge in [0.1, 0.15) is 12.6 Å². The Morgan fingerprint density at radius 2 is 1.59 bits per heavy atom. The van der Waals surface area contributed by atoms with E-state index in [4.69, 9.17) is 0 Å². The molecule has 7 nitrogen and oxygen atoms in total. The molecule has 0 radical (unpaired) electrons. The van der Waals surface area contributed by atoms with Gasteiger partial charge in [-0.15, -0.1) is 0 Å². The number of carbonyl (C=O) groups excluding carboxylic acids is 2. The van der Waals surface area contributed by atoms with E-state index in [0.29, 0.717) is 18.7 Å². The topological polar surface area (TPSA) is 86.8 Å². The van der Waals surface area contributed by atoms with Gasteiger partial charge in [0.05, 0.1) is 11.9 Å². The van der Waals surface area contributed by atoms with Crippen molar-refractivity contribution in [2.24, 2.45) is 0 Å². The molecule has 8 heteroatoms. The molecule has 0 saturated heterocycles. The number of hydrogen-bond acceptors (Lipinski definition) is 4. The molecule has 2 aromatic carbocycles. The second kappa shape index (κ2) is 12.0. The fraction of sp³-hybridized carbons (Fsp3) is 0.462. The van der Waals surface area contributed by atoms with Crippen LogP contribution in [-0.4, -0.2) is 50.5 Å². The maximum atomic E-state index is 13.7. The van der Waals surface area contributed by atoms with E-state index >= 15 is 0 Å². The molecule has 0 bridgehead atoms. The van der Waals surface area contributed by atoms with Crippen molar-refractivity contribution >= 4 is 27.5 Å². The Kier molecular flexibility index (Phi) is 9.67. The Balaban J connectivity index is 2.45. The molecule has 0 heterocycles. The minimum atomic E-state index is -3.75. The van der Waals surface area contributed by atoms with Gasteiger partial charge in [0.2, 0.25) is 21.8 Å². The highest BCUT2D eigenvalue weighted by atomic mass is 32.2. The Morgan fingerprint density at radius 1 is 0.971 bits per heavy atom. The molecule has 0 aliphatic heterocycles. The lowest BCUT2D eigenvalue weighted by Crippen LogP contribution is -2.52. The highest BCUT2D eigenvalue weighted by molar-refractivity contribution is 7.92. The molecule has 34 heavy (non-hydrogen) atoms. The van der Waals surface area contributed by atoms with Crippen molar-refractivity contribution in [3.63, 3.8) is 0 Å². The maximum Gasteiger partial charge on any atom is 0.244 e. The summed E-state index contributed by atoms with van der Waals surface area (Å²) in [6, 6.07) is 12.5. The first-order valence-corrected chi connectivity index (χ1v) is 13.5. The van der Waals surface area contributed by atoms with Crippen molar-refractivity contribution in [1.82, 2.24) is 10.2 Å². The Labute approximate surface area is 204 Å². The quantitative estimate of drug-likeness (QED) is 0.523. The summed E-state index contributed by atoms with van der Waals surface area (Å²) in [5.74, 6) is -0.659. The molecule has 0 aliphatic carbocycles. The summed E-state index contributed by atoms with van der Waals surface area (Å²) in [4.78, 5) is 28.1. The lowest BCUT2D eigenvalue weighted by Gasteiger charge is -2.33. The molecule has 2 aromatic rings. The summed E-state index contributed by atoms with van der Waals surface area (Å²) < 4.78 is 26.6. The van der Waals surface area contributed by atoms with Gasteiger partial charge in [0.25, 0.3) is 0 Å². The van der Waals surface area contributed by atoms with E-state index in [1.54, 1.807) is 6.07 Å². The van der Waals surface area contributed by atoms with Crippen molar-refractivity contribution in [3.8, 4) is 0 Å². The first-order chi connectivity index (χ1) is 16.0. The van der Waals surface area contributed by atoms with E-state index in [2.05, 4.69) is 5.32 Å². The van der Waals surface area contributed by atoms with Gasteiger partial charge in [0, 0.05) is 13.1 Å². The lowest BCUT2D eigenvalue weighted by molar-refractivity contribution is -0.140. The fourth-order valence-corrected chi connectivity index (χ4v) is 4.66. The zero-order chi connectivity index (χ0) is 25.5. The minimum absolute atomic E-state index is 0.210. The van der Waals surface area contributed by atoms with E-state index in [1.165, 1.54) is 4.90 Å². The van der Waals surface area contributed by atoms with Crippen LogP contribution in [0.2, 0.25) is 0 Å². The average molecular weight is 488 g/mol. The van der Waals surface area contributed by atoms with Crippen molar-refractivity contribution in [2.75, 3.05) is 23.7 Å². The third-order valence-corrected chi connectivity index (χ3v) is 6.85. The summed E-state index contributed by atoms with van der Waals surface area (Å²) in [6.07, 6.45) is 2.29. The molecule has 2 rings (SSSR count). The predicted octanol–water partition coefficient (Wildman–Crippen LogP) is 3.71. The molecule has 1 N–H and O–H groups in total. The van der Waals surface area contributed by atoms with Crippen molar-refractivity contribution in [3.05, 3.63) is 64.7 Å². The van der Waals surface area contributed by atoms with Gasteiger partial charge in [-0.25, -0.2) is 8.42 Å². The molecule has 0 fully saturated rings. The van der Waals surface area contributed by atoms with Crippen LogP contribution in [0.15, 0.2) is 42.5 Å².